The van der Waals surface area contributed by atoms with E-state index >= 15 is 0 Å². The zero-order valence-corrected chi connectivity index (χ0v) is 19.3. The lowest BCUT2D eigenvalue weighted by atomic mass is 9.91. The zero-order chi connectivity index (χ0) is 20.9. The predicted octanol–water partition coefficient (Wildman–Crippen LogP) is 7.43. The minimum atomic E-state index is 0.954. The van der Waals surface area contributed by atoms with Crippen LogP contribution in [0.5, 0.6) is 0 Å². The first-order valence-electron chi connectivity index (χ1n) is 12.3. The summed E-state index contributed by atoms with van der Waals surface area (Å²) in [4.78, 5) is 0. The molecule has 3 N–H and O–H groups in total. The standard InChI is InChI=1S/C25H44N4/c1-4-6-8-10-12-14-16-18-21-22(19-17-15-13-11-9-7-5-2)25-24(27-29-28-25)20(3)23(21)26/h4-19,26H2,1-3H3,(H,27,28,29). The predicted molar refractivity (Wildman–Crippen MR) is 126 cm³/mol. The molecule has 4 heteroatoms. The molecule has 4 nitrogen and oxygen atoms in total. The molecule has 2 rings (SSSR count). The molecular formula is C25H44N4. The Kier molecular flexibility index (Phi) is 11.1. The van der Waals surface area contributed by atoms with E-state index in [4.69, 9.17) is 5.73 Å². The molecule has 0 aliphatic carbocycles. The average molecular weight is 401 g/mol. The van der Waals surface area contributed by atoms with Gasteiger partial charge in [0.1, 0.15) is 11.0 Å². The van der Waals surface area contributed by atoms with Gasteiger partial charge in [0.15, 0.2) is 0 Å². The van der Waals surface area contributed by atoms with Crippen molar-refractivity contribution >= 4 is 16.7 Å². The van der Waals surface area contributed by atoms with Gasteiger partial charge in [-0.3, -0.25) is 0 Å². The van der Waals surface area contributed by atoms with Crippen molar-refractivity contribution in [2.24, 2.45) is 0 Å². The van der Waals surface area contributed by atoms with Crippen LogP contribution in [0.2, 0.25) is 0 Å². The number of hydrogen-bond donors (Lipinski definition) is 2. The smallest absolute Gasteiger partial charge is 0.118 e. The molecule has 0 bridgehead atoms. The summed E-state index contributed by atoms with van der Waals surface area (Å²) >= 11 is 0. The van der Waals surface area contributed by atoms with Gasteiger partial charge in [-0.15, -0.1) is 0 Å². The van der Waals surface area contributed by atoms with Crippen LogP contribution in [-0.2, 0) is 12.8 Å². The van der Waals surface area contributed by atoms with Crippen LogP contribution < -0.4 is 5.73 Å². The normalized spacial score (nSPS) is 11.6. The first-order chi connectivity index (χ1) is 14.2. The Morgan fingerprint density at radius 1 is 0.621 bits per heavy atom. The topological polar surface area (TPSA) is 67.6 Å². The van der Waals surface area contributed by atoms with E-state index in [1.165, 1.54) is 101 Å². The zero-order valence-electron chi connectivity index (χ0n) is 19.3. The number of aromatic amines is 1. The first kappa shape index (κ1) is 23.7. The summed E-state index contributed by atoms with van der Waals surface area (Å²) in [5.41, 5.74) is 13.4. The highest BCUT2D eigenvalue weighted by molar-refractivity contribution is 5.88. The van der Waals surface area contributed by atoms with Gasteiger partial charge in [-0.25, -0.2) is 0 Å². The fourth-order valence-corrected chi connectivity index (χ4v) is 4.43. The van der Waals surface area contributed by atoms with E-state index in [0.29, 0.717) is 0 Å². The number of hydrogen-bond acceptors (Lipinski definition) is 3. The van der Waals surface area contributed by atoms with E-state index in [9.17, 15) is 0 Å². The molecule has 0 aliphatic heterocycles. The monoisotopic (exact) mass is 400 g/mol. The molecular weight excluding hydrogens is 356 g/mol. The summed E-state index contributed by atoms with van der Waals surface area (Å²) in [6.45, 7) is 6.64. The van der Waals surface area contributed by atoms with Gasteiger partial charge in [-0.05, 0) is 43.7 Å². The van der Waals surface area contributed by atoms with E-state index in [1.54, 1.807) is 0 Å². The van der Waals surface area contributed by atoms with Crippen molar-refractivity contribution in [3.05, 3.63) is 16.7 Å². The van der Waals surface area contributed by atoms with Gasteiger partial charge >= 0.3 is 0 Å². The molecule has 29 heavy (non-hydrogen) atoms. The van der Waals surface area contributed by atoms with Crippen molar-refractivity contribution in [3.8, 4) is 0 Å². The maximum Gasteiger partial charge on any atom is 0.118 e. The summed E-state index contributed by atoms with van der Waals surface area (Å²) in [5, 5.41) is 11.7. The molecule has 0 amide bonds. The molecule has 164 valence electrons. The van der Waals surface area contributed by atoms with Crippen LogP contribution in [0.15, 0.2) is 0 Å². The van der Waals surface area contributed by atoms with Gasteiger partial charge in [-0.1, -0.05) is 90.9 Å². The van der Waals surface area contributed by atoms with Crippen molar-refractivity contribution in [2.75, 3.05) is 5.73 Å². The lowest BCUT2D eigenvalue weighted by molar-refractivity contribution is 0.583. The Balaban J connectivity index is 1.96. The van der Waals surface area contributed by atoms with Crippen molar-refractivity contribution in [3.63, 3.8) is 0 Å². The third-order valence-corrected chi connectivity index (χ3v) is 6.34. The number of fused-ring (bicyclic) bond motifs is 1. The number of rotatable bonds is 16. The Bertz CT molecular complexity index is 704. The fourth-order valence-electron chi connectivity index (χ4n) is 4.43. The molecule has 0 atom stereocenters. The molecule has 1 aromatic carbocycles. The van der Waals surface area contributed by atoms with Crippen molar-refractivity contribution < 1.29 is 0 Å². The van der Waals surface area contributed by atoms with Gasteiger partial charge in [0.05, 0.1) is 0 Å². The molecule has 0 spiro atoms. The van der Waals surface area contributed by atoms with Crippen LogP contribution in [-0.4, -0.2) is 15.4 Å². The quantitative estimate of drug-likeness (QED) is 0.227. The number of nitrogens with zero attached hydrogens (tertiary/aromatic N) is 2. The second-order valence-corrected chi connectivity index (χ2v) is 8.76. The van der Waals surface area contributed by atoms with Gasteiger partial charge in [0.2, 0.25) is 0 Å². The van der Waals surface area contributed by atoms with E-state index in [1.807, 2.05) is 0 Å². The number of benzene rings is 1. The molecule has 0 radical (unpaired) electrons. The maximum absolute atomic E-state index is 6.59. The Morgan fingerprint density at radius 2 is 1.07 bits per heavy atom. The largest absolute Gasteiger partial charge is 0.398 e. The third-order valence-electron chi connectivity index (χ3n) is 6.34. The highest BCUT2D eigenvalue weighted by Crippen LogP contribution is 2.32. The summed E-state index contributed by atoms with van der Waals surface area (Å²) in [5.74, 6) is 0. The molecule has 0 fully saturated rings. The number of aromatic nitrogens is 3. The lowest BCUT2D eigenvalue weighted by Gasteiger charge is -2.16. The van der Waals surface area contributed by atoms with Crippen LogP contribution in [0.4, 0.5) is 5.69 Å². The van der Waals surface area contributed by atoms with E-state index in [2.05, 4.69) is 36.2 Å². The van der Waals surface area contributed by atoms with Gasteiger partial charge in [0, 0.05) is 11.3 Å². The van der Waals surface area contributed by atoms with E-state index in [-0.39, 0.29) is 0 Å². The summed E-state index contributed by atoms with van der Waals surface area (Å²) in [6.07, 6.45) is 20.8. The highest BCUT2D eigenvalue weighted by Gasteiger charge is 2.18. The number of nitrogens with two attached hydrogens (primary N) is 1. The van der Waals surface area contributed by atoms with Crippen molar-refractivity contribution in [2.45, 2.75) is 124 Å². The van der Waals surface area contributed by atoms with Crippen molar-refractivity contribution in [1.29, 1.82) is 0 Å². The SMILES string of the molecule is CCCCCCCCCc1c(N)c(C)c2n[nH]nc2c1CCCCCCCCC. The van der Waals surface area contributed by atoms with E-state index in [0.717, 1.165) is 35.1 Å². The second-order valence-electron chi connectivity index (χ2n) is 8.76. The van der Waals surface area contributed by atoms with Gasteiger partial charge in [0.25, 0.3) is 0 Å². The average Bonchev–Trinajstić information content (AvgIpc) is 3.21. The molecule has 0 aliphatic rings. The molecule has 0 unspecified atom stereocenters. The number of aryl methyl sites for hydroxylation is 2. The van der Waals surface area contributed by atoms with E-state index < -0.39 is 0 Å². The second kappa shape index (κ2) is 13.6. The van der Waals surface area contributed by atoms with Crippen LogP contribution in [0.1, 0.15) is 120 Å². The number of nitrogen functional groups attached to an aromatic ring is 1. The Labute approximate surface area is 178 Å². The van der Waals surface area contributed by atoms with Crippen LogP contribution in [0.3, 0.4) is 0 Å². The number of H-pyrrole nitrogens is 1. The fraction of sp³-hybridized carbons (Fsp3) is 0.760. The molecule has 1 aromatic heterocycles. The minimum Gasteiger partial charge on any atom is -0.398 e. The lowest BCUT2D eigenvalue weighted by Crippen LogP contribution is -2.05. The van der Waals surface area contributed by atoms with Crippen molar-refractivity contribution in [1.82, 2.24) is 15.4 Å². The molecule has 0 saturated carbocycles. The summed E-state index contributed by atoms with van der Waals surface area (Å²) in [6, 6.07) is 0. The number of unbranched alkanes of at least 4 members (excludes halogenated alkanes) is 12. The number of anilines is 1. The summed E-state index contributed by atoms with van der Waals surface area (Å²) < 4.78 is 0. The molecule has 0 saturated heterocycles. The van der Waals surface area contributed by atoms with Crippen LogP contribution in [0, 0.1) is 6.92 Å². The maximum atomic E-state index is 6.59. The third kappa shape index (κ3) is 7.31. The van der Waals surface area contributed by atoms with Crippen LogP contribution >= 0.6 is 0 Å². The Hall–Kier alpha value is -1.58. The highest BCUT2D eigenvalue weighted by atomic mass is 15.3. The molecule has 1 heterocycles. The number of nitrogens with one attached hydrogen (secondary N) is 1. The minimum absolute atomic E-state index is 0.954. The van der Waals surface area contributed by atoms with Gasteiger partial charge in [-0.2, -0.15) is 15.4 Å². The Morgan fingerprint density at radius 3 is 1.62 bits per heavy atom. The van der Waals surface area contributed by atoms with Crippen LogP contribution in [0.25, 0.3) is 11.0 Å². The molecule has 2 aromatic rings. The van der Waals surface area contributed by atoms with Gasteiger partial charge < -0.3 is 5.73 Å². The first-order valence-corrected chi connectivity index (χ1v) is 12.3. The summed E-state index contributed by atoms with van der Waals surface area (Å²) in [7, 11) is 0.